The van der Waals surface area contributed by atoms with Crippen LogP contribution in [0.2, 0.25) is 0 Å². The summed E-state index contributed by atoms with van der Waals surface area (Å²) >= 11 is 0. The fourth-order valence-corrected chi connectivity index (χ4v) is 2.44. The number of carbonyl (C=O) groups is 1. The number of phenols is 1. The normalized spacial score (nSPS) is 18.1. The number of amides is 1. The Morgan fingerprint density at radius 2 is 2.15 bits per heavy atom. The molecule has 0 spiro atoms. The van der Waals surface area contributed by atoms with Crippen molar-refractivity contribution < 1.29 is 14.6 Å². The molecule has 0 bridgehead atoms. The molecule has 4 heteroatoms. The van der Waals surface area contributed by atoms with E-state index >= 15 is 0 Å². The number of phenolic OH excluding ortho intramolecular Hbond substituents is 1. The molecule has 2 N–H and O–H groups in total. The van der Waals surface area contributed by atoms with Crippen LogP contribution in [0.5, 0.6) is 5.75 Å². The first-order valence-electron chi connectivity index (χ1n) is 7.36. The highest BCUT2D eigenvalue weighted by atomic mass is 16.5. The number of carbonyl (C=O) groups excluding carboxylic acids is 1. The molecule has 1 saturated heterocycles. The third-order valence-corrected chi connectivity index (χ3v) is 3.71. The molecule has 110 valence electrons. The molecule has 2 rings (SSSR count). The first-order valence-corrected chi connectivity index (χ1v) is 7.36. The monoisotopic (exact) mass is 277 g/mol. The maximum absolute atomic E-state index is 11.7. The van der Waals surface area contributed by atoms with E-state index < -0.39 is 0 Å². The van der Waals surface area contributed by atoms with Gasteiger partial charge in [0.2, 0.25) is 5.91 Å². The second kappa shape index (κ2) is 7.90. The molecule has 4 nitrogen and oxygen atoms in total. The topological polar surface area (TPSA) is 58.6 Å². The van der Waals surface area contributed by atoms with E-state index in [2.05, 4.69) is 5.32 Å². The summed E-state index contributed by atoms with van der Waals surface area (Å²) in [5.74, 6) is 1.04. The van der Waals surface area contributed by atoms with E-state index in [0.717, 1.165) is 44.6 Å². The summed E-state index contributed by atoms with van der Waals surface area (Å²) in [7, 11) is 0. The average molecular weight is 277 g/mol. The van der Waals surface area contributed by atoms with Crippen LogP contribution >= 0.6 is 0 Å². The van der Waals surface area contributed by atoms with Gasteiger partial charge in [0.15, 0.2) is 0 Å². The first kappa shape index (κ1) is 14.9. The molecule has 1 atom stereocenters. The van der Waals surface area contributed by atoms with Gasteiger partial charge in [0.25, 0.3) is 0 Å². The molecule has 1 aromatic carbocycles. The lowest BCUT2D eigenvalue weighted by Crippen LogP contribution is -2.25. The quantitative estimate of drug-likeness (QED) is 0.752. The lowest BCUT2D eigenvalue weighted by Gasteiger charge is -2.08. The lowest BCUT2D eigenvalue weighted by atomic mass is 10.0. The van der Waals surface area contributed by atoms with Crippen molar-refractivity contribution >= 4 is 5.91 Å². The third kappa shape index (κ3) is 5.21. The van der Waals surface area contributed by atoms with Crippen molar-refractivity contribution in [1.29, 1.82) is 0 Å². The maximum atomic E-state index is 11.7. The van der Waals surface area contributed by atoms with Gasteiger partial charge in [-0.25, -0.2) is 0 Å². The molecule has 1 fully saturated rings. The zero-order chi connectivity index (χ0) is 14.2. The minimum absolute atomic E-state index is 0.0979. The second-order valence-electron chi connectivity index (χ2n) is 5.39. The van der Waals surface area contributed by atoms with E-state index in [9.17, 15) is 9.90 Å². The molecular formula is C16H23NO3. The third-order valence-electron chi connectivity index (χ3n) is 3.71. The Morgan fingerprint density at radius 1 is 1.35 bits per heavy atom. The Morgan fingerprint density at radius 3 is 2.85 bits per heavy atom. The number of benzene rings is 1. The van der Waals surface area contributed by atoms with Crippen LogP contribution in [-0.2, 0) is 16.0 Å². The SMILES string of the molecule is O=C(CCc1ccc(O)cc1)NCCCC1CCOC1. The number of aryl methyl sites for hydroxylation is 1. The van der Waals surface area contributed by atoms with Crippen molar-refractivity contribution in [3.8, 4) is 5.75 Å². The van der Waals surface area contributed by atoms with Crippen LogP contribution in [0, 0.1) is 5.92 Å². The molecule has 1 unspecified atom stereocenters. The first-order chi connectivity index (χ1) is 9.74. The van der Waals surface area contributed by atoms with Gasteiger partial charge in [-0.3, -0.25) is 4.79 Å². The summed E-state index contributed by atoms with van der Waals surface area (Å²) in [5, 5.41) is 12.1. The van der Waals surface area contributed by atoms with E-state index in [1.54, 1.807) is 12.1 Å². The van der Waals surface area contributed by atoms with Gasteiger partial charge in [0.1, 0.15) is 5.75 Å². The second-order valence-corrected chi connectivity index (χ2v) is 5.39. The highest BCUT2D eigenvalue weighted by Gasteiger charge is 2.14. The van der Waals surface area contributed by atoms with Gasteiger partial charge in [-0.2, -0.15) is 0 Å². The predicted octanol–water partition coefficient (Wildman–Crippen LogP) is 2.26. The fraction of sp³-hybridized carbons (Fsp3) is 0.562. The number of hydrogen-bond acceptors (Lipinski definition) is 3. The van der Waals surface area contributed by atoms with Crippen LogP contribution in [0.15, 0.2) is 24.3 Å². The minimum atomic E-state index is 0.0979. The number of nitrogens with one attached hydrogen (secondary N) is 1. The average Bonchev–Trinajstić information content (AvgIpc) is 2.96. The predicted molar refractivity (Wildman–Crippen MR) is 77.6 cm³/mol. The minimum Gasteiger partial charge on any atom is -0.508 e. The van der Waals surface area contributed by atoms with E-state index in [4.69, 9.17) is 4.74 Å². The zero-order valence-corrected chi connectivity index (χ0v) is 11.8. The molecule has 0 aromatic heterocycles. The van der Waals surface area contributed by atoms with Gasteiger partial charge >= 0.3 is 0 Å². The van der Waals surface area contributed by atoms with Crippen LogP contribution in [0.4, 0.5) is 0 Å². The molecule has 0 radical (unpaired) electrons. The Balaban J connectivity index is 1.54. The molecule has 0 saturated carbocycles. The van der Waals surface area contributed by atoms with Gasteiger partial charge in [-0.15, -0.1) is 0 Å². The van der Waals surface area contributed by atoms with Crippen LogP contribution in [-0.4, -0.2) is 30.8 Å². The van der Waals surface area contributed by atoms with Gasteiger partial charge in [-0.05, 0) is 49.3 Å². The highest BCUT2D eigenvalue weighted by molar-refractivity contribution is 5.76. The summed E-state index contributed by atoms with van der Waals surface area (Å²) in [6.45, 7) is 2.53. The molecule has 0 aliphatic carbocycles. The summed E-state index contributed by atoms with van der Waals surface area (Å²) in [6, 6.07) is 7.00. The molecular weight excluding hydrogens is 254 g/mol. The Labute approximate surface area is 120 Å². The maximum Gasteiger partial charge on any atom is 0.220 e. The largest absolute Gasteiger partial charge is 0.508 e. The van der Waals surface area contributed by atoms with E-state index in [0.29, 0.717) is 18.8 Å². The Hall–Kier alpha value is -1.55. The molecule has 1 aliphatic rings. The fourth-order valence-electron chi connectivity index (χ4n) is 2.44. The smallest absolute Gasteiger partial charge is 0.220 e. The molecule has 1 heterocycles. The van der Waals surface area contributed by atoms with Crippen molar-refractivity contribution in [2.45, 2.75) is 32.1 Å². The van der Waals surface area contributed by atoms with Gasteiger partial charge in [0.05, 0.1) is 0 Å². The number of aromatic hydroxyl groups is 1. The van der Waals surface area contributed by atoms with Crippen molar-refractivity contribution in [2.75, 3.05) is 19.8 Å². The van der Waals surface area contributed by atoms with Crippen molar-refractivity contribution in [2.24, 2.45) is 5.92 Å². The van der Waals surface area contributed by atoms with Gasteiger partial charge in [-0.1, -0.05) is 12.1 Å². The van der Waals surface area contributed by atoms with Crippen molar-refractivity contribution in [3.05, 3.63) is 29.8 Å². The standard InChI is InChI=1S/C16H23NO3/c18-15-6-3-13(4-7-15)5-8-16(19)17-10-1-2-14-9-11-20-12-14/h3-4,6-7,14,18H,1-2,5,8-12H2,(H,17,19). The lowest BCUT2D eigenvalue weighted by molar-refractivity contribution is -0.121. The highest BCUT2D eigenvalue weighted by Crippen LogP contribution is 2.17. The summed E-state index contributed by atoms with van der Waals surface area (Å²) in [6.07, 6.45) is 4.53. The summed E-state index contributed by atoms with van der Waals surface area (Å²) in [5.41, 5.74) is 1.07. The summed E-state index contributed by atoms with van der Waals surface area (Å²) < 4.78 is 5.33. The van der Waals surface area contributed by atoms with E-state index in [-0.39, 0.29) is 11.7 Å². The van der Waals surface area contributed by atoms with Crippen molar-refractivity contribution in [3.63, 3.8) is 0 Å². The van der Waals surface area contributed by atoms with Gasteiger partial charge < -0.3 is 15.2 Å². The number of ether oxygens (including phenoxy) is 1. The van der Waals surface area contributed by atoms with Crippen LogP contribution < -0.4 is 5.32 Å². The van der Waals surface area contributed by atoms with Gasteiger partial charge in [0, 0.05) is 26.2 Å². The Bertz CT molecular complexity index is 410. The molecule has 1 amide bonds. The molecule has 1 aliphatic heterocycles. The van der Waals surface area contributed by atoms with E-state index in [1.165, 1.54) is 0 Å². The molecule has 20 heavy (non-hydrogen) atoms. The zero-order valence-electron chi connectivity index (χ0n) is 11.8. The van der Waals surface area contributed by atoms with Crippen LogP contribution in [0.1, 0.15) is 31.2 Å². The van der Waals surface area contributed by atoms with Crippen molar-refractivity contribution in [1.82, 2.24) is 5.32 Å². The van der Waals surface area contributed by atoms with Crippen LogP contribution in [0.25, 0.3) is 0 Å². The summed E-state index contributed by atoms with van der Waals surface area (Å²) in [4.78, 5) is 11.7. The van der Waals surface area contributed by atoms with Crippen LogP contribution in [0.3, 0.4) is 0 Å². The number of hydrogen-bond donors (Lipinski definition) is 2. The van der Waals surface area contributed by atoms with E-state index in [1.807, 2.05) is 12.1 Å². The number of rotatable bonds is 7. The Kier molecular flexibility index (Phi) is 5.87. The molecule has 1 aromatic rings.